The summed E-state index contributed by atoms with van der Waals surface area (Å²) in [5.41, 5.74) is 0.813. The molecule has 0 aliphatic carbocycles. The molecule has 0 fully saturated rings. The van der Waals surface area contributed by atoms with Gasteiger partial charge in [-0.15, -0.1) is 0 Å². The lowest BCUT2D eigenvalue weighted by Gasteiger charge is -2.18. The quantitative estimate of drug-likeness (QED) is 0.776. The van der Waals surface area contributed by atoms with E-state index in [1.165, 1.54) is 13.2 Å². The summed E-state index contributed by atoms with van der Waals surface area (Å²) in [4.78, 5) is 15.7. The van der Waals surface area contributed by atoms with Gasteiger partial charge in [0.15, 0.2) is 0 Å². The van der Waals surface area contributed by atoms with Crippen molar-refractivity contribution in [3.63, 3.8) is 0 Å². The second kappa shape index (κ2) is 5.69. The summed E-state index contributed by atoms with van der Waals surface area (Å²) in [5.74, 6) is 0.213. The third-order valence-corrected chi connectivity index (χ3v) is 3.64. The minimum Gasteiger partial charge on any atom is -0.505 e. The van der Waals surface area contributed by atoms with Crippen LogP contribution in [0.1, 0.15) is 24.3 Å². The van der Waals surface area contributed by atoms with E-state index in [1.807, 2.05) is 0 Å². The molecule has 0 aliphatic rings. The maximum absolute atomic E-state index is 11.5. The van der Waals surface area contributed by atoms with Crippen molar-refractivity contribution in [3.05, 3.63) is 59.1 Å². The lowest BCUT2D eigenvalue weighted by molar-refractivity contribution is -0.119. The number of amides is 1. The Kier molecular flexibility index (Phi) is 3.73. The highest BCUT2D eigenvalue weighted by atomic mass is 35.5. The summed E-state index contributed by atoms with van der Waals surface area (Å²) in [6.45, 7) is 1.40. The Labute approximate surface area is 131 Å². The molecule has 0 unspecified atom stereocenters. The van der Waals surface area contributed by atoms with Crippen molar-refractivity contribution in [2.75, 3.05) is 0 Å². The van der Waals surface area contributed by atoms with Crippen molar-refractivity contribution in [2.45, 2.75) is 13.0 Å². The molecule has 1 aromatic carbocycles. The second-order valence-electron chi connectivity index (χ2n) is 4.84. The molecule has 3 aromatic rings. The van der Waals surface area contributed by atoms with E-state index >= 15 is 0 Å². The molecule has 1 amide bonds. The van der Waals surface area contributed by atoms with E-state index in [9.17, 15) is 9.90 Å². The number of furan rings is 1. The van der Waals surface area contributed by atoms with Crippen LogP contribution in [0.15, 0.2) is 47.2 Å². The molecule has 2 aromatic heterocycles. The van der Waals surface area contributed by atoms with Gasteiger partial charge in [0.2, 0.25) is 5.91 Å². The molecule has 0 spiro atoms. The lowest BCUT2D eigenvalue weighted by Crippen LogP contribution is -2.26. The summed E-state index contributed by atoms with van der Waals surface area (Å²) in [6, 6.07) is 7.92. The minimum absolute atomic E-state index is 0.0323. The number of carbonyl (C=O) groups is 1. The zero-order valence-corrected chi connectivity index (χ0v) is 12.5. The molecule has 0 saturated heterocycles. The lowest BCUT2D eigenvalue weighted by atomic mass is 10.0. The number of hydrogen-bond acceptors (Lipinski definition) is 4. The number of phenols is 1. The van der Waals surface area contributed by atoms with Gasteiger partial charge < -0.3 is 14.8 Å². The van der Waals surface area contributed by atoms with Crippen LogP contribution in [-0.4, -0.2) is 16.0 Å². The molecule has 0 saturated carbocycles. The molecule has 6 heteroatoms. The fraction of sp³-hybridized carbons (Fsp3) is 0.125. The standard InChI is InChI=1S/C16H13ClN2O3/c1-9(20)19-14(13-5-3-7-22-13)11-8-12(17)10-4-2-6-18-15(10)16(11)21/h2-8,14,21H,1H3,(H,19,20)/t14-/m1/s1. The van der Waals surface area contributed by atoms with Gasteiger partial charge >= 0.3 is 0 Å². The molecular weight excluding hydrogens is 304 g/mol. The molecule has 2 heterocycles. The predicted octanol–water partition coefficient (Wildman–Crippen LogP) is 3.41. The Morgan fingerprint density at radius 2 is 2.23 bits per heavy atom. The van der Waals surface area contributed by atoms with Crippen molar-refractivity contribution in [1.82, 2.24) is 10.3 Å². The molecule has 2 N–H and O–H groups in total. The van der Waals surface area contributed by atoms with Gasteiger partial charge in [-0.1, -0.05) is 11.6 Å². The molecule has 0 radical (unpaired) electrons. The summed E-state index contributed by atoms with van der Waals surface area (Å²) >= 11 is 6.28. The number of pyridine rings is 1. The first-order chi connectivity index (χ1) is 10.6. The van der Waals surface area contributed by atoms with Gasteiger partial charge in [-0.2, -0.15) is 0 Å². The van der Waals surface area contributed by atoms with Crippen LogP contribution in [0.4, 0.5) is 0 Å². The molecule has 5 nitrogen and oxygen atoms in total. The molecular formula is C16H13ClN2O3. The predicted molar refractivity (Wildman–Crippen MR) is 82.8 cm³/mol. The van der Waals surface area contributed by atoms with Crippen LogP contribution in [0, 0.1) is 0 Å². The molecule has 3 rings (SSSR count). The fourth-order valence-corrected chi connectivity index (χ4v) is 2.66. The number of benzene rings is 1. The number of nitrogens with one attached hydrogen (secondary N) is 1. The number of aromatic hydroxyl groups is 1. The van der Waals surface area contributed by atoms with Gasteiger partial charge in [0.1, 0.15) is 23.1 Å². The van der Waals surface area contributed by atoms with E-state index in [4.69, 9.17) is 16.0 Å². The number of aromatic nitrogens is 1. The molecule has 22 heavy (non-hydrogen) atoms. The number of nitrogens with zero attached hydrogens (tertiary/aromatic N) is 1. The first kappa shape index (κ1) is 14.4. The Bertz CT molecular complexity index is 831. The fourth-order valence-electron chi connectivity index (χ4n) is 2.39. The summed E-state index contributed by atoms with van der Waals surface area (Å²) in [5, 5.41) is 14.4. The van der Waals surface area contributed by atoms with Crippen molar-refractivity contribution < 1.29 is 14.3 Å². The van der Waals surface area contributed by atoms with Crippen LogP contribution in [-0.2, 0) is 4.79 Å². The monoisotopic (exact) mass is 316 g/mol. The number of carbonyl (C=O) groups excluding carboxylic acids is 1. The zero-order valence-electron chi connectivity index (χ0n) is 11.7. The van der Waals surface area contributed by atoms with E-state index in [1.54, 1.807) is 36.5 Å². The van der Waals surface area contributed by atoms with Crippen LogP contribution in [0.2, 0.25) is 5.02 Å². The Hall–Kier alpha value is -2.53. The van der Waals surface area contributed by atoms with Crippen molar-refractivity contribution in [2.24, 2.45) is 0 Å². The zero-order chi connectivity index (χ0) is 15.7. The first-order valence-corrected chi connectivity index (χ1v) is 7.02. The summed E-state index contributed by atoms with van der Waals surface area (Å²) in [6.07, 6.45) is 3.07. The maximum atomic E-state index is 11.5. The topological polar surface area (TPSA) is 75.4 Å². The Morgan fingerprint density at radius 1 is 1.41 bits per heavy atom. The van der Waals surface area contributed by atoms with E-state index in [0.29, 0.717) is 27.2 Å². The van der Waals surface area contributed by atoms with E-state index in [2.05, 4.69) is 10.3 Å². The number of rotatable bonds is 3. The van der Waals surface area contributed by atoms with Gasteiger partial charge in [-0.3, -0.25) is 9.78 Å². The van der Waals surface area contributed by atoms with Crippen LogP contribution in [0.5, 0.6) is 5.75 Å². The van der Waals surface area contributed by atoms with Crippen molar-refractivity contribution in [1.29, 1.82) is 0 Å². The first-order valence-electron chi connectivity index (χ1n) is 6.64. The van der Waals surface area contributed by atoms with E-state index in [-0.39, 0.29) is 11.7 Å². The highest BCUT2D eigenvalue weighted by Crippen LogP contribution is 2.38. The van der Waals surface area contributed by atoms with Crippen molar-refractivity contribution in [3.8, 4) is 5.75 Å². The summed E-state index contributed by atoms with van der Waals surface area (Å²) in [7, 11) is 0. The maximum Gasteiger partial charge on any atom is 0.217 e. The second-order valence-corrected chi connectivity index (χ2v) is 5.25. The van der Waals surface area contributed by atoms with Crippen LogP contribution >= 0.6 is 11.6 Å². The average Bonchev–Trinajstić information content (AvgIpc) is 3.03. The van der Waals surface area contributed by atoms with Gasteiger partial charge in [-0.25, -0.2) is 0 Å². The molecule has 112 valence electrons. The third-order valence-electron chi connectivity index (χ3n) is 3.33. The van der Waals surface area contributed by atoms with Gasteiger partial charge in [0.05, 0.1) is 11.3 Å². The highest BCUT2D eigenvalue weighted by Gasteiger charge is 2.24. The highest BCUT2D eigenvalue weighted by molar-refractivity contribution is 6.35. The summed E-state index contributed by atoms with van der Waals surface area (Å²) < 4.78 is 5.37. The third kappa shape index (κ3) is 2.51. The smallest absolute Gasteiger partial charge is 0.217 e. The average molecular weight is 317 g/mol. The Balaban J connectivity index is 2.22. The van der Waals surface area contributed by atoms with Crippen molar-refractivity contribution >= 4 is 28.4 Å². The number of hydrogen-bond donors (Lipinski definition) is 2. The largest absolute Gasteiger partial charge is 0.505 e. The molecule has 0 aliphatic heterocycles. The minimum atomic E-state index is -0.642. The number of phenolic OH excluding ortho intramolecular Hbond substituents is 1. The van der Waals surface area contributed by atoms with Crippen LogP contribution < -0.4 is 5.32 Å². The number of halogens is 1. The molecule has 1 atom stereocenters. The van der Waals surface area contributed by atoms with E-state index in [0.717, 1.165) is 0 Å². The molecule has 0 bridgehead atoms. The van der Waals surface area contributed by atoms with E-state index < -0.39 is 6.04 Å². The Morgan fingerprint density at radius 3 is 2.91 bits per heavy atom. The number of fused-ring (bicyclic) bond motifs is 1. The van der Waals surface area contributed by atoms with Gasteiger partial charge in [-0.05, 0) is 30.3 Å². The van der Waals surface area contributed by atoms with Crippen LogP contribution in [0.25, 0.3) is 10.9 Å². The van der Waals surface area contributed by atoms with Crippen LogP contribution in [0.3, 0.4) is 0 Å². The van der Waals surface area contributed by atoms with Gasteiger partial charge in [0.25, 0.3) is 0 Å². The normalized spacial score (nSPS) is 12.3. The van der Waals surface area contributed by atoms with Gasteiger partial charge in [0, 0.05) is 24.1 Å². The SMILES string of the molecule is CC(=O)N[C@@H](c1ccco1)c1cc(Cl)c2cccnc2c1O.